The van der Waals surface area contributed by atoms with E-state index in [-0.39, 0.29) is 0 Å². The number of benzene rings is 2. The second kappa shape index (κ2) is 4.93. The van der Waals surface area contributed by atoms with Crippen LogP contribution in [-0.4, -0.2) is 19.4 Å². The Morgan fingerprint density at radius 3 is 2.57 bits per heavy atom. The van der Waals surface area contributed by atoms with Crippen molar-refractivity contribution in [2.45, 2.75) is 6.42 Å². The van der Waals surface area contributed by atoms with Crippen molar-refractivity contribution in [2.24, 2.45) is 0 Å². The molecule has 1 aliphatic carbocycles. The number of fused-ring (bicyclic) bond motifs is 12. The molecule has 2 aromatic carbocycles. The molecule has 4 heteroatoms. The van der Waals surface area contributed by atoms with E-state index in [1.54, 1.807) is 6.20 Å². The molecule has 6 aromatic rings. The summed E-state index contributed by atoms with van der Waals surface area (Å²) in [5, 5.41) is 2.32. The third-order valence-corrected chi connectivity index (χ3v) is 5.90. The SMILES string of the molecule is c1ccc2c(c1)Cc1ccc3c4ncccc4n4c5cccnc5nc4c3c1-2. The molecule has 130 valence electrons. The molecule has 28 heavy (non-hydrogen) atoms. The fraction of sp³-hybridized carbons (Fsp3) is 0.0417. The van der Waals surface area contributed by atoms with E-state index >= 15 is 0 Å². The number of aromatic nitrogens is 4. The van der Waals surface area contributed by atoms with Gasteiger partial charge >= 0.3 is 0 Å². The summed E-state index contributed by atoms with van der Waals surface area (Å²) in [6, 6.07) is 21.3. The topological polar surface area (TPSA) is 43.1 Å². The van der Waals surface area contributed by atoms with Gasteiger partial charge in [-0.15, -0.1) is 0 Å². The average Bonchev–Trinajstić information content (AvgIpc) is 3.32. The van der Waals surface area contributed by atoms with E-state index in [0.717, 1.165) is 39.7 Å². The van der Waals surface area contributed by atoms with Crippen LogP contribution in [0.3, 0.4) is 0 Å². The number of rotatable bonds is 0. The smallest absolute Gasteiger partial charge is 0.178 e. The maximum absolute atomic E-state index is 4.97. The maximum Gasteiger partial charge on any atom is 0.178 e. The van der Waals surface area contributed by atoms with Crippen molar-refractivity contribution in [1.29, 1.82) is 0 Å². The lowest BCUT2D eigenvalue weighted by molar-refractivity contribution is 1.26. The summed E-state index contributed by atoms with van der Waals surface area (Å²) >= 11 is 0. The van der Waals surface area contributed by atoms with Gasteiger partial charge < -0.3 is 0 Å². The van der Waals surface area contributed by atoms with Crippen LogP contribution >= 0.6 is 0 Å². The van der Waals surface area contributed by atoms with Gasteiger partial charge in [0.1, 0.15) is 5.65 Å². The molecule has 0 bridgehead atoms. The van der Waals surface area contributed by atoms with Crippen LogP contribution in [0.15, 0.2) is 73.1 Å². The van der Waals surface area contributed by atoms with Gasteiger partial charge in [0.15, 0.2) is 5.65 Å². The standard InChI is InChI=1S/C24H14N4/c1-2-6-16-14(5-1)13-15-9-10-17-21(20(15)16)24-27-23-19(8-4-12-26-23)28(24)18-7-3-11-25-22(17)18/h1-12H,13H2. The molecule has 0 saturated carbocycles. The van der Waals surface area contributed by atoms with Crippen LogP contribution in [0.2, 0.25) is 0 Å². The minimum Gasteiger partial charge on any atom is -0.288 e. The molecule has 0 amide bonds. The van der Waals surface area contributed by atoms with Gasteiger partial charge in [-0.25, -0.2) is 9.97 Å². The van der Waals surface area contributed by atoms with Crippen LogP contribution in [0, 0.1) is 0 Å². The van der Waals surface area contributed by atoms with E-state index in [0.29, 0.717) is 0 Å². The zero-order valence-corrected chi connectivity index (χ0v) is 14.9. The first kappa shape index (κ1) is 14.3. The van der Waals surface area contributed by atoms with E-state index in [4.69, 9.17) is 9.97 Å². The van der Waals surface area contributed by atoms with E-state index in [9.17, 15) is 0 Å². The summed E-state index contributed by atoms with van der Waals surface area (Å²) < 4.78 is 2.22. The van der Waals surface area contributed by atoms with Gasteiger partial charge in [-0.05, 0) is 52.9 Å². The number of imidazole rings is 1. The fourth-order valence-electron chi connectivity index (χ4n) is 4.76. The van der Waals surface area contributed by atoms with Gasteiger partial charge in [0.25, 0.3) is 0 Å². The highest BCUT2D eigenvalue weighted by molar-refractivity contribution is 6.18. The fourth-order valence-corrected chi connectivity index (χ4v) is 4.76. The highest BCUT2D eigenvalue weighted by atomic mass is 15.1. The monoisotopic (exact) mass is 358 g/mol. The van der Waals surface area contributed by atoms with E-state index in [2.05, 4.69) is 57.9 Å². The molecule has 0 unspecified atom stereocenters. The Labute approximate surface area is 160 Å². The van der Waals surface area contributed by atoms with Crippen LogP contribution in [0.4, 0.5) is 0 Å². The van der Waals surface area contributed by atoms with Crippen molar-refractivity contribution < 1.29 is 0 Å². The molecular formula is C24H14N4. The molecule has 0 atom stereocenters. The van der Waals surface area contributed by atoms with Crippen LogP contribution in [0.1, 0.15) is 11.1 Å². The lowest BCUT2D eigenvalue weighted by Crippen LogP contribution is -1.95. The summed E-state index contributed by atoms with van der Waals surface area (Å²) in [6.45, 7) is 0. The Bertz CT molecular complexity index is 1590. The predicted octanol–water partition coefficient (Wildman–Crippen LogP) is 5.16. The van der Waals surface area contributed by atoms with Gasteiger partial charge in [-0.3, -0.25) is 9.38 Å². The summed E-state index contributed by atoms with van der Waals surface area (Å²) in [5.41, 5.74) is 10.1. The predicted molar refractivity (Wildman–Crippen MR) is 112 cm³/mol. The van der Waals surface area contributed by atoms with Gasteiger partial charge in [0.05, 0.1) is 16.6 Å². The first-order valence-corrected chi connectivity index (χ1v) is 9.44. The molecule has 0 fully saturated rings. The van der Waals surface area contributed by atoms with Crippen LogP contribution < -0.4 is 0 Å². The molecule has 7 rings (SSSR count). The van der Waals surface area contributed by atoms with E-state index in [1.807, 2.05) is 18.3 Å². The Kier molecular flexibility index (Phi) is 2.51. The van der Waals surface area contributed by atoms with Gasteiger partial charge in [-0.2, -0.15) is 0 Å². The lowest BCUT2D eigenvalue weighted by atomic mass is 9.97. The third kappa shape index (κ3) is 1.63. The highest BCUT2D eigenvalue weighted by Crippen LogP contribution is 2.44. The van der Waals surface area contributed by atoms with Crippen molar-refractivity contribution in [3.8, 4) is 11.1 Å². The second-order valence-corrected chi connectivity index (χ2v) is 7.34. The quantitative estimate of drug-likeness (QED) is 0.352. The molecule has 0 radical (unpaired) electrons. The number of hydrogen-bond donors (Lipinski definition) is 0. The molecule has 0 saturated heterocycles. The van der Waals surface area contributed by atoms with Gasteiger partial charge in [0.2, 0.25) is 0 Å². The summed E-state index contributed by atoms with van der Waals surface area (Å²) in [6.07, 6.45) is 4.63. The molecule has 0 spiro atoms. The molecule has 0 aliphatic heterocycles. The minimum atomic E-state index is 0.768. The number of pyridine rings is 3. The minimum absolute atomic E-state index is 0.768. The van der Waals surface area contributed by atoms with Crippen molar-refractivity contribution in [3.05, 3.63) is 84.2 Å². The molecular weight excluding hydrogens is 344 g/mol. The number of nitrogens with zero attached hydrogens (tertiary/aromatic N) is 4. The van der Waals surface area contributed by atoms with Gasteiger partial charge in [0, 0.05) is 23.2 Å². The maximum atomic E-state index is 4.97. The third-order valence-electron chi connectivity index (χ3n) is 5.90. The Balaban J connectivity index is 1.84. The Morgan fingerprint density at radius 2 is 1.61 bits per heavy atom. The molecule has 4 heterocycles. The summed E-state index contributed by atoms with van der Waals surface area (Å²) in [5.74, 6) is 0. The first-order chi connectivity index (χ1) is 13.9. The van der Waals surface area contributed by atoms with Crippen molar-refractivity contribution in [2.75, 3.05) is 0 Å². The van der Waals surface area contributed by atoms with Crippen molar-refractivity contribution in [3.63, 3.8) is 0 Å². The van der Waals surface area contributed by atoms with Crippen molar-refractivity contribution in [1.82, 2.24) is 19.4 Å². The average molecular weight is 358 g/mol. The van der Waals surface area contributed by atoms with Crippen LogP contribution in [-0.2, 0) is 6.42 Å². The van der Waals surface area contributed by atoms with E-state index in [1.165, 1.54) is 27.6 Å². The number of hydrogen-bond acceptors (Lipinski definition) is 3. The molecule has 0 N–H and O–H groups in total. The highest BCUT2D eigenvalue weighted by Gasteiger charge is 2.24. The zero-order chi connectivity index (χ0) is 18.2. The van der Waals surface area contributed by atoms with Crippen LogP contribution in [0.25, 0.3) is 49.7 Å². The van der Waals surface area contributed by atoms with Crippen LogP contribution in [0.5, 0.6) is 0 Å². The van der Waals surface area contributed by atoms with Gasteiger partial charge in [-0.1, -0.05) is 36.4 Å². The van der Waals surface area contributed by atoms with Crippen molar-refractivity contribution >= 4 is 38.6 Å². The summed E-state index contributed by atoms with van der Waals surface area (Å²) in [7, 11) is 0. The molecule has 4 nitrogen and oxygen atoms in total. The Hall–Kier alpha value is -3.79. The summed E-state index contributed by atoms with van der Waals surface area (Å²) in [4.78, 5) is 14.2. The first-order valence-electron chi connectivity index (χ1n) is 9.44. The lowest BCUT2D eigenvalue weighted by Gasteiger charge is -2.12. The second-order valence-electron chi connectivity index (χ2n) is 7.34. The molecule has 4 aromatic heterocycles. The largest absolute Gasteiger partial charge is 0.288 e. The Morgan fingerprint density at radius 1 is 0.750 bits per heavy atom. The zero-order valence-electron chi connectivity index (χ0n) is 14.9. The normalized spacial score (nSPS) is 12.9. The molecule has 1 aliphatic rings. The van der Waals surface area contributed by atoms with E-state index < -0.39 is 0 Å².